The van der Waals surface area contributed by atoms with Gasteiger partial charge in [-0.2, -0.15) is 10.2 Å². The van der Waals surface area contributed by atoms with Crippen LogP contribution < -0.4 is 75.1 Å². The number of rotatable bonds is 30. The maximum absolute atomic E-state index is 13.5. The van der Waals surface area contributed by atoms with Crippen LogP contribution in [-0.2, 0) is 64.4 Å². The number of thiocarbonyl (C=S) groups is 4. The molecule has 0 heterocycles. The third-order valence-corrected chi connectivity index (χ3v) is 22.3. The smallest absolute Gasteiger partial charge is 0.272 e. The van der Waals surface area contributed by atoms with E-state index < -0.39 is 95.8 Å². The summed E-state index contributed by atoms with van der Waals surface area (Å²) < 4.78 is 158. The zero-order chi connectivity index (χ0) is 85.7. The Morgan fingerprint density at radius 1 is 0.427 bits per heavy atom. The van der Waals surface area contributed by atoms with Gasteiger partial charge in [0.15, 0.2) is 32.5 Å². The summed E-state index contributed by atoms with van der Waals surface area (Å²) in [5.41, 5.74) is 15.2. The lowest BCUT2D eigenvalue weighted by atomic mass is 10.1. The molecular formula is C69H59Br4ClN16O19S8-4. The second kappa shape index (κ2) is 42.1. The predicted octanol–water partition coefficient (Wildman–Crippen LogP) is 8.25. The molecule has 0 saturated carbocycles. The van der Waals surface area contributed by atoms with E-state index in [1.807, 2.05) is 6.92 Å². The zero-order valence-electron chi connectivity index (χ0n) is 59.2. The molecule has 4 amide bonds. The SMILES string of the molecule is Cc1ccc(NC(C(=O)N/N=C\c2cc(Br)c(O)c(Br)c2)C(=O)NNC(=S)Nc2ccc(/C=C/c3ccc(NC(=S)NCCOCCNC(=S)Nc4ccc(/C=C/c5ccc(NC(=S)NNC(=O)C(Nc6ccc(Cl)cc6)C(=O)N/N=C\c6cc(Br)c(O)c(Br)c6)cc5S(=O)(=O)[O-])c(S(=O)(=O)[O-])c4)cc3S(=O)(=O)[O-])c(S(=O)(=O)[O-])c2)cc1. The van der Waals surface area contributed by atoms with Crippen molar-refractivity contribution < 1.29 is 86.0 Å². The van der Waals surface area contributed by atoms with E-state index in [0.29, 0.717) is 45.4 Å². The fourth-order valence-corrected chi connectivity index (χ4v) is 15.8. The highest BCUT2D eigenvalue weighted by Gasteiger charge is 2.29. The van der Waals surface area contributed by atoms with Gasteiger partial charge in [0, 0.05) is 52.2 Å². The summed E-state index contributed by atoms with van der Waals surface area (Å²) in [6.45, 7) is 2.08. The van der Waals surface area contributed by atoms with Gasteiger partial charge in [0.05, 0.1) is 63.1 Å². The van der Waals surface area contributed by atoms with Crippen LogP contribution in [0.3, 0.4) is 0 Å². The highest BCUT2D eigenvalue weighted by molar-refractivity contribution is 9.11. The molecule has 0 aliphatic carbocycles. The first kappa shape index (κ1) is 92.7. The molecule has 0 spiro atoms. The predicted molar refractivity (Wildman–Crippen MR) is 466 cm³/mol. The van der Waals surface area contributed by atoms with Crippen LogP contribution in [0, 0.1) is 6.92 Å². The Hall–Kier alpha value is -9.77. The number of hydrazine groups is 2. The molecule has 0 aliphatic rings. The maximum Gasteiger partial charge on any atom is 0.272 e. The molecule has 8 aromatic carbocycles. The number of aryl methyl sites for hydroxylation is 1. The largest absolute Gasteiger partial charge is 0.744 e. The molecule has 2 unspecified atom stereocenters. The Morgan fingerprint density at radius 2 is 0.709 bits per heavy atom. The molecule has 35 nitrogen and oxygen atoms in total. The molecular weight excluding hydrogens is 1970 g/mol. The molecule has 0 radical (unpaired) electrons. The number of carbonyl (C=O) groups excluding carboxylic acids is 4. The van der Waals surface area contributed by atoms with Crippen molar-refractivity contribution >= 4 is 280 Å². The molecule has 117 heavy (non-hydrogen) atoms. The number of amides is 4. The first-order chi connectivity index (χ1) is 55.1. The number of benzene rings is 8. The molecule has 16 N–H and O–H groups in total. The van der Waals surface area contributed by atoms with E-state index >= 15 is 0 Å². The number of ether oxygens (including phenoxy) is 1. The van der Waals surface area contributed by atoms with Crippen LogP contribution in [0.2, 0.25) is 5.02 Å². The highest BCUT2D eigenvalue weighted by Crippen LogP contribution is 2.35. The van der Waals surface area contributed by atoms with E-state index in [1.54, 1.807) is 24.3 Å². The monoisotopic (exact) mass is 2020 g/mol. The van der Waals surface area contributed by atoms with E-state index in [4.69, 9.17) is 65.2 Å². The fourth-order valence-electron chi connectivity index (χ4n) is 9.68. The number of anilines is 6. The molecule has 8 rings (SSSR count). The van der Waals surface area contributed by atoms with Gasteiger partial charge in [0.1, 0.15) is 52.0 Å². The van der Waals surface area contributed by atoms with Gasteiger partial charge in [-0.1, -0.05) is 77.9 Å². The summed E-state index contributed by atoms with van der Waals surface area (Å²) in [5.74, 6) is -3.98. The van der Waals surface area contributed by atoms with Gasteiger partial charge in [-0.05, 0) is 262 Å². The first-order valence-electron chi connectivity index (χ1n) is 32.6. The van der Waals surface area contributed by atoms with E-state index in [-0.39, 0.29) is 103 Å². The van der Waals surface area contributed by atoms with E-state index in [9.17, 15) is 81.3 Å². The molecule has 0 fully saturated rings. The topological polar surface area (TPSA) is 540 Å². The van der Waals surface area contributed by atoms with E-state index in [2.05, 4.69) is 149 Å². The Bertz CT molecular complexity index is 5420. The van der Waals surface area contributed by atoms with Gasteiger partial charge < -0.3 is 75.7 Å². The van der Waals surface area contributed by atoms with Crippen LogP contribution in [0.4, 0.5) is 34.1 Å². The number of carbonyl (C=O) groups is 4. The second-order valence-electron chi connectivity index (χ2n) is 23.7. The molecule has 0 bridgehead atoms. The van der Waals surface area contributed by atoms with Crippen LogP contribution in [0.25, 0.3) is 24.3 Å². The number of hydrogen-bond acceptors (Lipinski definition) is 27. The zero-order valence-corrected chi connectivity index (χ0v) is 72.8. The third kappa shape index (κ3) is 28.8. The average Bonchev–Trinajstić information content (AvgIpc) is 0.804. The summed E-state index contributed by atoms with van der Waals surface area (Å²) in [6, 6.07) is 29.1. The van der Waals surface area contributed by atoms with Gasteiger partial charge >= 0.3 is 0 Å². The molecule has 8 aromatic rings. The van der Waals surface area contributed by atoms with Crippen LogP contribution >= 0.6 is 124 Å². The molecule has 0 aromatic heterocycles. The number of halogens is 5. The quantitative estimate of drug-likeness (QED) is 0.00383. The van der Waals surface area contributed by atoms with Gasteiger partial charge in [0.25, 0.3) is 23.6 Å². The van der Waals surface area contributed by atoms with Crippen LogP contribution in [0.1, 0.15) is 38.9 Å². The summed E-state index contributed by atoms with van der Waals surface area (Å²) in [5, 5.41) is 49.3. The number of aromatic hydroxyl groups is 2. The lowest BCUT2D eigenvalue weighted by Crippen LogP contribution is -2.54. The van der Waals surface area contributed by atoms with E-state index in [0.717, 1.165) is 60.2 Å². The lowest BCUT2D eigenvalue weighted by Gasteiger charge is -2.19. The number of phenolic OH excluding ortho intramolecular Hbond substituents is 2. The van der Waals surface area contributed by atoms with E-state index in [1.165, 1.54) is 103 Å². The van der Waals surface area contributed by atoms with Gasteiger partial charge in [-0.25, -0.2) is 44.5 Å². The van der Waals surface area contributed by atoms with Crippen LogP contribution in [-0.4, -0.2) is 157 Å². The van der Waals surface area contributed by atoms with Crippen molar-refractivity contribution in [1.82, 2.24) is 43.2 Å². The van der Waals surface area contributed by atoms with Crippen molar-refractivity contribution in [3.05, 3.63) is 207 Å². The molecule has 616 valence electrons. The van der Waals surface area contributed by atoms with Crippen molar-refractivity contribution in [3.8, 4) is 11.5 Å². The minimum Gasteiger partial charge on any atom is -0.744 e. The standard InChI is InChI=1S/C69H63Br4ClN16O19S8/c1-36-2-14-44(15-3-36)79-58(62(93)85-77-34-37-26-50(70)60(91)51(71)27-37)64(95)87-89-68(112)83-48-18-10-41(56(32-48)116(103,104)105)6-4-39-8-16-46(30-54(39)114(97,98)99)81-66(110)75-22-24-109-25-23-76-67(111)82-47-17-9-40(55(31-47)115(100,101)102)5-7-42-11-19-49(33-57(42)117(106,107)108)84-69(113)90-88-65(96)59(80-45-20-12-43(74)13-21-45)63(94)86-78-35-38-28-52(72)61(92)53(73)29-38/h2-21,26-35,58-59,79-80,91-92H,22-25H2,1H3,(H,85,93)(H,86,94)(H,87,95)(H,88,96)(H2,75,81,110)(H2,76,82,111)(H2,83,89,112)(H2,84,90,113)(H,97,98,99)(H,100,101,102)(H,103,104,105)(H,106,107,108)/p-4/b6-4+,7-5+,77-34-,78-35-. The second-order valence-corrected chi connectivity index (χ2v) is 34.5. The summed E-state index contributed by atoms with van der Waals surface area (Å²) in [4.78, 5) is 50.5. The summed E-state index contributed by atoms with van der Waals surface area (Å²) in [7, 11) is -21.0. The Morgan fingerprint density at radius 3 is 1.01 bits per heavy atom. The summed E-state index contributed by atoms with van der Waals surface area (Å²) in [6.07, 6.45) is 6.81. The van der Waals surface area contributed by atoms with Gasteiger partial charge in [-0.15, -0.1) is 0 Å². The number of hydrogen-bond donors (Lipinski definition) is 16. The van der Waals surface area contributed by atoms with Crippen LogP contribution in [0.5, 0.6) is 11.5 Å². The average molecular weight is 2030 g/mol. The van der Waals surface area contributed by atoms with Crippen molar-refractivity contribution in [1.29, 1.82) is 0 Å². The number of hydrazone groups is 2. The van der Waals surface area contributed by atoms with Crippen LogP contribution in [0.15, 0.2) is 193 Å². The minimum atomic E-state index is -5.28. The number of nitrogens with zero attached hydrogens (tertiary/aromatic N) is 2. The van der Waals surface area contributed by atoms with Gasteiger partial charge in [-0.3, -0.25) is 40.9 Å². The first-order valence-corrected chi connectivity index (χ1v) is 43.4. The number of nitrogens with one attached hydrogen (secondary N) is 14. The molecule has 0 aliphatic heterocycles. The molecule has 2 atom stereocenters. The number of phenols is 2. The molecule has 48 heteroatoms. The Labute approximate surface area is 728 Å². The van der Waals surface area contributed by atoms with Crippen molar-refractivity contribution in [2.75, 3.05) is 58.2 Å². The van der Waals surface area contributed by atoms with Crippen molar-refractivity contribution in [2.24, 2.45) is 10.2 Å². The Kier molecular flexibility index (Phi) is 33.3. The molecule has 0 saturated heterocycles. The maximum atomic E-state index is 13.5. The lowest BCUT2D eigenvalue weighted by molar-refractivity contribution is -0.132. The minimum absolute atomic E-state index is 0.0301. The fraction of sp³-hybridized carbons (Fsp3) is 0.101. The third-order valence-electron chi connectivity index (χ3n) is 15.1. The highest BCUT2D eigenvalue weighted by atomic mass is 79.9. The summed E-state index contributed by atoms with van der Waals surface area (Å²) >= 11 is 40.1. The Balaban J connectivity index is 0.789. The van der Waals surface area contributed by atoms with Gasteiger partial charge in [0.2, 0.25) is 0 Å². The normalized spacial score (nSPS) is 12.3. The van der Waals surface area contributed by atoms with Crippen molar-refractivity contribution in [2.45, 2.75) is 38.6 Å². The van der Waals surface area contributed by atoms with Crippen molar-refractivity contribution in [3.63, 3.8) is 0 Å².